The van der Waals surface area contributed by atoms with Gasteiger partial charge in [-0.1, -0.05) is 25.1 Å². The number of rotatable bonds is 9. The van der Waals surface area contributed by atoms with Crippen LogP contribution in [0.3, 0.4) is 0 Å². The maximum atomic E-state index is 13.8. The Hall–Kier alpha value is -2.16. The van der Waals surface area contributed by atoms with E-state index in [0.717, 1.165) is 0 Å². The Kier molecular flexibility index (Phi) is 7.69. The predicted octanol–water partition coefficient (Wildman–Crippen LogP) is 0.648. The molecule has 0 aromatic heterocycles. The summed E-state index contributed by atoms with van der Waals surface area (Å²) in [5.41, 5.74) is -4.79. The Balaban J connectivity index is 1.53. The van der Waals surface area contributed by atoms with E-state index in [0.29, 0.717) is 25.1 Å². The smallest absolute Gasteiger partial charge is 0.338 e. The number of aliphatic hydroxyl groups excluding tert-OH is 2. The highest BCUT2D eigenvalue weighted by molar-refractivity contribution is 5.89. The van der Waals surface area contributed by atoms with E-state index in [4.69, 9.17) is 28.4 Å². The van der Waals surface area contributed by atoms with Gasteiger partial charge >= 0.3 is 11.9 Å². The Bertz CT molecular complexity index is 1360. The van der Waals surface area contributed by atoms with Gasteiger partial charge in [-0.05, 0) is 31.0 Å². The number of methoxy groups -OCH3 is 4. The molecule has 254 valence electrons. The van der Waals surface area contributed by atoms with E-state index in [9.17, 15) is 24.9 Å². The fraction of sp³-hybridized carbons (Fsp3) is 0.765. The quantitative estimate of drug-likeness (QED) is 0.323. The molecular formula is C34H47NO11. The van der Waals surface area contributed by atoms with Crippen molar-refractivity contribution in [3.05, 3.63) is 35.9 Å². The number of carbonyl (C=O) groups excluding carboxylic acids is 2. The van der Waals surface area contributed by atoms with Gasteiger partial charge in [0, 0.05) is 83.0 Å². The molecule has 1 aromatic rings. The van der Waals surface area contributed by atoms with Crippen molar-refractivity contribution in [2.24, 2.45) is 34.5 Å². The lowest BCUT2D eigenvalue weighted by atomic mass is 9.42. The summed E-state index contributed by atoms with van der Waals surface area (Å²) in [6.45, 7) is 4.68. The second kappa shape index (κ2) is 10.9. The first-order valence-electron chi connectivity index (χ1n) is 16.3. The van der Waals surface area contributed by atoms with Gasteiger partial charge in [-0.2, -0.15) is 0 Å². The third-order valence-electron chi connectivity index (χ3n) is 13.2. The second-order valence-corrected chi connectivity index (χ2v) is 14.4. The third-order valence-corrected chi connectivity index (χ3v) is 13.2. The van der Waals surface area contributed by atoms with Crippen molar-refractivity contribution in [3.8, 4) is 0 Å². The predicted molar refractivity (Wildman–Crippen MR) is 160 cm³/mol. The van der Waals surface area contributed by atoms with E-state index in [-0.39, 0.29) is 25.0 Å². The lowest BCUT2D eigenvalue weighted by molar-refractivity contribution is -0.322. The van der Waals surface area contributed by atoms with Gasteiger partial charge in [-0.3, -0.25) is 9.69 Å². The molecule has 9 unspecified atom stereocenters. The van der Waals surface area contributed by atoms with Crippen molar-refractivity contribution in [1.29, 1.82) is 0 Å². The van der Waals surface area contributed by atoms with Gasteiger partial charge in [0.1, 0.15) is 23.9 Å². The molecule has 5 saturated carbocycles. The summed E-state index contributed by atoms with van der Waals surface area (Å²) in [4.78, 5) is 29.3. The standard InChI is InChI=1S/C34H47NO11/c1-7-35-15-31(16-41-3)20(37)13-21(42-4)33-19-14-32(40)28(45-30(39)18-11-9-8-10-12-18)22(19)34(46-17(2)36,27(38)29(32)44-6)23(26(33)35)24(43-5)25(31)33/h8-12,19-29,37-38,40H,7,13-16H2,1-6H3/t19-,20?,21?,22-,23?,24?,25-,26-,27?,28?,29?,31?,32-,33?,34-/m1/s1. The number of ether oxygens (including phenoxy) is 6. The summed E-state index contributed by atoms with van der Waals surface area (Å²) in [5.74, 6) is -3.65. The van der Waals surface area contributed by atoms with Gasteiger partial charge < -0.3 is 43.7 Å². The zero-order chi connectivity index (χ0) is 33.0. The van der Waals surface area contributed by atoms with Gasteiger partial charge in [0.25, 0.3) is 0 Å². The monoisotopic (exact) mass is 645 g/mol. The minimum Gasteiger partial charge on any atom is -0.455 e. The number of benzene rings is 1. The molecule has 3 N–H and O–H groups in total. The largest absolute Gasteiger partial charge is 0.455 e. The number of nitrogens with zero attached hydrogens (tertiary/aromatic N) is 1. The van der Waals surface area contributed by atoms with E-state index in [1.165, 1.54) is 14.0 Å². The van der Waals surface area contributed by atoms with Crippen molar-refractivity contribution in [2.45, 2.75) is 80.6 Å². The van der Waals surface area contributed by atoms with Gasteiger partial charge in [0.15, 0.2) is 5.60 Å². The highest BCUT2D eigenvalue weighted by Gasteiger charge is 2.92. The Morgan fingerprint density at radius 3 is 2.30 bits per heavy atom. The number of carbonyl (C=O) groups is 2. The van der Waals surface area contributed by atoms with E-state index in [2.05, 4.69) is 4.90 Å². The number of fused-ring (bicyclic) bond motifs is 2. The van der Waals surface area contributed by atoms with E-state index in [1.807, 2.05) is 6.92 Å². The van der Waals surface area contributed by atoms with Gasteiger partial charge in [0.2, 0.25) is 0 Å². The van der Waals surface area contributed by atoms with Crippen LogP contribution in [0, 0.1) is 34.5 Å². The Morgan fingerprint density at radius 1 is 1.00 bits per heavy atom. The molecule has 1 aliphatic heterocycles. The van der Waals surface area contributed by atoms with Crippen LogP contribution in [0.5, 0.6) is 0 Å². The summed E-state index contributed by atoms with van der Waals surface area (Å²) in [5, 5.41) is 37.3. The fourth-order valence-electron chi connectivity index (χ4n) is 12.3. The molecule has 7 bridgehead atoms. The minimum absolute atomic E-state index is 0.0791. The summed E-state index contributed by atoms with van der Waals surface area (Å²) >= 11 is 0. The molecule has 15 atom stereocenters. The summed E-state index contributed by atoms with van der Waals surface area (Å²) in [6, 6.07) is 8.18. The van der Waals surface area contributed by atoms with Crippen LogP contribution in [0.15, 0.2) is 30.3 Å². The number of esters is 2. The number of hydrogen-bond donors (Lipinski definition) is 3. The second-order valence-electron chi connectivity index (χ2n) is 14.4. The van der Waals surface area contributed by atoms with Crippen molar-refractivity contribution in [3.63, 3.8) is 0 Å². The maximum Gasteiger partial charge on any atom is 0.338 e. The molecule has 12 nitrogen and oxygen atoms in total. The molecule has 0 amide bonds. The summed E-state index contributed by atoms with van der Waals surface area (Å²) in [6.07, 6.45) is -5.49. The van der Waals surface area contributed by atoms with Crippen LogP contribution in [0.2, 0.25) is 0 Å². The molecule has 0 radical (unpaired) electrons. The van der Waals surface area contributed by atoms with Crippen LogP contribution in [0.4, 0.5) is 0 Å². The molecule has 1 heterocycles. The molecule has 1 aromatic carbocycles. The normalized spacial score (nSPS) is 49.9. The SMILES string of the molecule is CCN1CC2(COC)C(O)CC(OC)C34[C@@H]5C[C@]6(O)C(OC)C(O)[C@](OC(C)=O)(C(C(OC)[C@H]23)[C@@H]14)[C@H]5C6OC(=O)c1ccccc1. The molecular weight excluding hydrogens is 598 g/mol. The van der Waals surface area contributed by atoms with Gasteiger partial charge in [0.05, 0.1) is 30.5 Å². The number of piperidine rings is 1. The molecule has 7 rings (SSSR count). The Morgan fingerprint density at radius 2 is 1.72 bits per heavy atom. The van der Waals surface area contributed by atoms with Crippen LogP contribution in [0.25, 0.3) is 0 Å². The van der Waals surface area contributed by atoms with Crippen LogP contribution in [-0.2, 0) is 33.2 Å². The fourth-order valence-corrected chi connectivity index (χ4v) is 12.3. The number of aliphatic hydroxyl groups is 3. The zero-order valence-electron chi connectivity index (χ0n) is 27.3. The topological polar surface area (TPSA) is 153 Å². The zero-order valence-corrected chi connectivity index (χ0v) is 27.3. The lowest BCUT2D eigenvalue weighted by Crippen LogP contribution is -2.81. The first-order valence-corrected chi connectivity index (χ1v) is 16.3. The minimum atomic E-state index is -1.83. The first kappa shape index (κ1) is 32.4. The average Bonchev–Trinajstić information content (AvgIpc) is 3.41. The van der Waals surface area contributed by atoms with Gasteiger partial charge in [-0.15, -0.1) is 0 Å². The highest BCUT2D eigenvalue weighted by Crippen LogP contribution is 2.80. The Labute approximate surface area is 269 Å². The van der Waals surface area contributed by atoms with Crippen LogP contribution >= 0.6 is 0 Å². The van der Waals surface area contributed by atoms with Crippen molar-refractivity contribution in [2.75, 3.05) is 48.1 Å². The summed E-state index contributed by atoms with van der Waals surface area (Å²) in [7, 11) is 6.27. The number of hydrogen-bond acceptors (Lipinski definition) is 12. The molecule has 6 fully saturated rings. The van der Waals surface area contributed by atoms with Crippen LogP contribution < -0.4 is 0 Å². The van der Waals surface area contributed by atoms with Gasteiger partial charge in [-0.25, -0.2) is 4.79 Å². The highest BCUT2D eigenvalue weighted by atomic mass is 16.6. The third kappa shape index (κ3) is 3.62. The van der Waals surface area contributed by atoms with E-state index >= 15 is 0 Å². The van der Waals surface area contributed by atoms with Crippen molar-refractivity contribution < 1.29 is 53.3 Å². The molecule has 6 aliphatic rings. The van der Waals surface area contributed by atoms with E-state index < -0.39 is 88.3 Å². The van der Waals surface area contributed by atoms with Crippen molar-refractivity contribution in [1.82, 2.24) is 4.90 Å². The lowest BCUT2D eigenvalue weighted by Gasteiger charge is -2.70. The molecule has 5 aliphatic carbocycles. The van der Waals surface area contributed by atoms with Crippen LogP contribution in [-0.4, -0.2) is 134 Å². The van der Waals surface area contributed by atoms with Crippen LogP contribution in [0.1, 0.15) is 37.0 Å². The first-order chi connectivity index (χ1) is 22.0. The van der Waals surface area contributed by atoms with Crippen molar-refractivity contribution >= 4 is 11.9 Å². The molecule has 1 saturated heterocycles. The molecule has 46 heavy (non-hydrogen) atoms. The van der Waals surface area contributed by atoms with E-state index in [1.54, 1.807) is 51.7 Å². The molecule has 1 spiro atoms. The number of likely N-dealkylation sites (tertiary alicyclic amines) is 1. The maximum absolute atomic E-state index is 13.8. The summed E-state index contributed by atoms with van der Waals surface area (Å²) < 4.78 is 37.4. The molecule has 12 heteroatoms. The average molecular weight is 646 g/mol.